The fourth-order valence-electron chi connectivity index (χ4n) is 2.28. The number of benzene rings is 1. The van der Waals surface area contributed by atoms with E-state index >= 15 is 0 Å². The Kier molecular flexibility index (Phi) is 3.30. The monoisotopic (exact) mass is 260 g/mol. The van der Waals surface area contributed by atoms with E-state index in [-0.39, 0.29) is 0 Å². The van der Waals surface area contributed by atoms with E-state index in [9.17, 15) is 5.11 Å². The highest BCUT2D eigenvalue weighted by molar-refractivity contribution is 7.10. The molecule has 3 rings (SSSR count). The molecule has 18 heavy (non-hydrogen) atoms. The number of thiazole rings is 1. The summed E-state index contributed by atoms with van der Waals surface area (Å²) in [4.78, 5) is 4.71. The lowest BCUT2D eigenvalue weighted by Gasteiger charge is -2.21. The summed E-state index contributed by atoms with van der Waals surface area (Å²) in [6.07, 6.45) is 3.74. The Bertz CT molecular complexity index is 515. The number of rotatable bonds is 2. The van der Waals surface area contributed by atoms with Gasteiger partial charge in [0.1, 0.15) is 10.8 Å². The van der Waals surface area contributed by atoms with Crippen molar-refractivity contribution in [1.82, 2.24) is 10.3 Å². The maximum Gasteiger partial charge on any atom is 0.115 e. The number of nitrogens with zero attached hydrogens (tertiary/aromatic N) is 1. The number of aromatic nitrogens is 1. The van der Waals surface area contributed by atoms with Crippen molar-refractivity contribution in [2.24, 2.45) is 0 Å². The van der Waals surface area contributed by atoms with Crippen LogP contribution in [0.4, 0.5) is 0 Å². The SMILES string of the molecule is Oc1ccc(-c2csc([C@H]3CCCCN3)n2)cc1. The Labute approximate surface area is 111 Å². The molecule has 1 aliphatic rings. The topological polar surface area (TPSA) is 45.1 Å². The molecule has 3 nitrogen and oxygen atoms in total. The van der Waals surface area contributed by atoms with Crippen molar-refractivity contribution in [3.8, 4) is 17.0 Å². The molecule has 0 aliphatic carbocycles. The summed E-state index contributed by atoms with van der Waals surface area (Å²) in [5, 5.41) is 16.1. The van der Waals surface area contributed by atoms with Crippen LogP contribution in [0.1, 0.15) is 30.3 Å². The maximum atomic E-state index is 9.28. The van der Waals surface area contributed by atoms with Crippen molar-refractivity contribution >= 4 is 11.3 Å². The zero-order valence-electron chi connectivity index (χ0n) is 10.1. The highest BCUT2D eigenvalue weighted by Crippen LogP contribution is 2.30. The van der Waals surface area contributed by atoms with Crippen LogP contribution < -0.4 is 5.32 Å². The van der Waals surface area contributed by atoms with Crippen LogP contribution in [-0.4, -0.2) is 16.6 Å². The quantitative estimate of drug-likeness (QED) is 0.870. The standard InChI is InChI=1S/C14H16N2OS/c17-11-6-4-10(5-7-11)13-9-18-14(16-13)12-3-1-2-8-15-12/h4-7,9,12,15,17H,1-3,8H2/t12-/m1/s1. The van der Waals surface area contributed by atoms with Gasteiger partial charge in [-0.05, 0) is 43.7 Å². The highest BCUT2D eigenvalue weighted by Gasteiger charge is 2.18. The second-order valence-corrected chi connectivity index (χ2v) is 5.51. The average molecular weight is 260 g/mol. The molecule has 1 atom stereocenters. The number of hydrogen-bond acceptors (Lipinski definition) is 4. The van der Waals surface area contributed by atoms with E-state index in [4.69, 9.17) is 4.98 Å². The summed E-state index contributed by atoms with van der Waals surface area (Å²) in [5.74, 6) is 0.295. The van der Waals surface area contributed by atoms with Crippen molar-refractivity contribution in [2.75, 3.05) is 6.54 Å². The molecule has 0 saturated carbocycles. The molecule has 0 bridgehead atoms. The molecule has 0 spiro atoms. The predicted octanol–water partition coefficient (Wildman–Crippen LogP) is 3.33. The highest BCUT2D eigenvalue weighted by atomic mass is 32.1. The van der Waals surface area contributed by atoms with E-state index in [2.05, 4.69) is 10.7 Å². The molecule has 1 aromatic carbocycles. The summed E-state index contributed by atoms with van der Waals surface area (Å²) in [5.41, 5.74) is 2.06. The Morgan fingerprint density at radius 1 is 1.22 bits per heavy atom. The van der Waals surface area contributed by atoms with Gasteiger partial charge >= 0.3 is 0 Å². The van der Waals surface area contributed by atoms with Crippen LogP contribution in [0.15, 0.2) is 29.6 Å². The predicted molar refractivity (Wildman–Crippen MR) is 73.8 cm³/mol. The van der Waals surface area contributed by atoms with E-state index in [0.29, 0.717) is 11.8 Å². The zero-order chi connectivity index (χ0) is 12.4. The van der Waals surface area contributed by atoms with Crippen LogP contribution in [0, 0.1) is 0 Å². The Hall–Kier alpha value is -1.39. The van der Waals surface area contributed by atoms with Gasteiger partial charge in [-0.3, -0.25) is 0 Å². The second-order valence-electron chi connectivity index (χ2n) is 4.62. The molecule has 1 aromatic heterocycles. The molecule has 0 amide bonds. The molecule has 1 aliphatic heterocycles. The van der Waals surface area contributed by atoms with Crippen molar-refractivity contribution < 1.29 is 5.11 Å². The first-order valence-electron chi connectivity index (χ1n) is 6.31. The summed E-state index contributed by atoms with van der Waals surface area (Å²) in [7, 11) is 0. The maximum absolute atomic E-state index is 9.28. The minimum Gasteiger partial charge on any atom is -0.508 e. The van der Waals surface area contributed by atoms with E-state index in [1.165, 1.54) is 24.3 Å². The van der Waals surface area contributed by atoms with Crippen molar-refractivity contribution in [3.63, 3.8) is 0 Å². The molecule has 1 fully saturated rings. The van der Waals surface area contributed by atoms with Gasteiger partial charge in [-0.25, -0.2) is 4.98 Å². The lowest BCUT2D eigenvalue weighted by molar-refractivity contribution is 0.411. The number of phenols is 1. The minimum absolute atomic E-state index is 0.295. The first kappa shape index (κ1) is 11.7. The van der Waals surface area contributed by atoms with Gasteiger partial charge in [0.2, 0.25) is 0 Å². The fraction of sp³-hybridized carbons (Fsp3) is 0.357. The molecular weight excluding hydrogens is 244 g/mol. The van der Waals surface area contributed by atoms with E-state index in [1.54, 1.807) is 23.5 Å². The molecule has 2 aromatic rings. The fourth-order valence-corrected chi connectivity index (χ4v) is 3.21. The van der Waals surface area contributed by atoms with E-state index < -0.39 is 0 Å². The smallest absolute Gasteiger partial charge is 0.115 e. The lowest BCUT2D eigenvalue weighted by Crippen LogP contribution is -2.26. The van der Waals surface area contributed by atoms with Crippen molar-refractivity contribution in [3.05, 3.63) is 34.7 Å². The summed E-state index contributed by atoms with van der Waals surface area (Å²) >= 11 is 1.72. The van der Waals surface area contributed by atoms with Gasteiger partial charge in [0.25, 0.3) is 0 Å². The largest absolute Gasteiger partial charge is 0.508 e. The van der Waals surface area contributed by atoms with Gasteiger partial charge in [0.05, 0.1) is 11.7 Å². The zero-order valence-corrected chi connectivity index (χ0v) is 10.9. The van der Waals surface area contributed by atoms with Crippen LogP contribution in [0.3, 0.4) is 0 Å². The molecule has 0 unspecified atom stereocenters. The molecule has 1 saturated heterocycles. The molecule has 2 heterocycles. The normalized spacial score (nSPS) is 19.9. The third-order valence-corrected chi connectivity index (χ3v) is 4.25. The van der Waals surface area contributed by atoms with Crippen molar-refractivity contribution in [1.29, 1.82) is 0 Å². The number of aromatic hydroxyl groups is 1. The molecule has 0 radical (unpaired) electrons. The third kappa shape index (κ3) is 2.40. The van der Waals surface area contributed by atoms with Gasteiger partial charge in [-0.1, -0.05) is 6.42 Å². The number of piperidine rings is 1. The minimum atomic E-state index is 0.295. The second kappa shape index (κ2) is 5.08. The van der Waals surface area contributed by atoms with Crippen LogP contribution in [0.2, 0.25) is 0 Å². The summed E-state index contributed by atoms with van der Waals surface area (Å²) < 4.78 is 0. The van der Waals surface area contributed by atoms with Gasteiger partial charge < -0.3 is 10.4 Å². The van der Waals surface area contributed by atoms with Crippen LogP contribution >= 0.6 is 11.3 Å². The molecular formula is C14H16N2OS. The Balaban J connectivity index is 1.82. The van der Waals surface area contributed by atoms with Gasteiger partial charge in [-0.2, -0.15) is 0 Å². The summed E-state index contributed by atoms with van der Waals surface area (Å²) in [6, 6.07) is 7.64. The van der Waals surface area contributed by atoms with Gasteiger partial charge in [0, 0.05) is 10.9 Å². The van der Waals surface area contributed by atoms with Crippen LogP contribution in [0.5, 0.6) is 5.75 Å². The van der Waals surface area contributed by atoms with Gasteiger partial charge in [0.15, 0.2) is 0 Å². The number of nitrogens with one attached hydrogen (secondary N) is 1. The van der Waals surface area contributed by atoms with Crippen molar-refractivity contribution in [2.45, 2.75) is 25.3 Å². The average Bonchev–Trinajstić information content (AvgIpc) is 2.90. The third-order valence-electron chi connectivity index (χ3n) is 3.29. The molecule has 2 N–H and O–H groups in total. The van der Waals surface area contributed by atoms with E-state index in [1.807, 2.05) is 12.1 Å². The Morgan fingerprint density at radius 2 is 2.06 bits per heavy atom. The van der Waals surface area contributed by atoms with Crippen LogP contribution in [0.25, 0.3) is 11.3 Å². The molecule has 94 valence electrons. The van der Waals surface area contributed by atoms with E-state index in [0.717, 1.165) is 17.8 Å². The first-order valence-corrected chi connectivity index (χ1v) is 7.19. The molecule has 4 heteroatoms. The summed E-state index contributed by atoms with van der Waals surface area (Å²) in [6.45, 7) is 1.10. The lowest BCUT2D eigenvalue weighted by atomic mass is 10.1. The van der Waals surface area contributed by atoms with Gasteiger partial charge in [-0.15, -0.1) is 11.3 Å². The number of phenolic OH excluding ortho intramolecular Hbond substituents is 1. The number of hydrogen-bond donors (Lipinski definition) is 2. The Morgan fingerprint density at radius 3 is 2.78 bits per heavy atom. The first-order chi connectivity index (χ1) is 8.83. The van der Waals surface area contributed by atoms with Crippen LogP contribution in [-0.2, 0) is 0 Å².